The van der Waals surface area contributed by atoms with Gasteiger partial charge >= 0.3 is 6.09 Å². The molecule has 1 unspecified atom stereocenters. The first kappa shape index (κ1) is 17.4. The van der Waals surface area contributed by atoms with Gasteiger partial charge in [0, 0.05) is 12.1 Å². The summed E-state index contributed by atoms with van der Waals surface area (Å²) in [5, 5.41) is 3.38. The molecule has 1 aromatic heterocycles. The van der Waals surface area contributed by atoms with Gasteiger partial charge < -0.3 is 14.5 Å². The van der Waals surface area contributed by atoms with Gasteiger partial charge in [0.1, 0.15) is 23.0 Å². The Balaban J connectivity index is 1.97. The van der Waals surface area contributed by atoms with Crippen LogP contribution in [0, 0.1) is 13.8 Å². The van der Waals surface area contributed by atoms with Gasteiger partial charge in [-0.25, -0.2) is 4.79 Å². The average molecular weight is 321 g/mol. The maximum absolute atomic E-state index is 12.2. The lowest BCUT2D eigenvalue weighted by atomic mass is 10.1. The molecule has 0 saturated heterocycles. The van der Waals surface area contributed by atoms with E-state index in [1.165, 1.54) is 0 Å². The smallest absolute Gasteiger partial charge is 0.410 e. The summed E-state index contributed by atoms with van der Waals surface area (Å²) in [5.41, 5.74) is 0.623. The van der Waals surface area contributed by atoms with E-state index in [1.54, 1.807) is 4.90 Å². The highest BCUT2D eigenvalue weighted by atomic mass is 16.6. The summed E-state index contributed by atoms with van der Waals surface area (Å²) in [6, 6.07) is 2.10. The van der Waals surface area contributed by atoms with Gasteiger partial charge in [-0.15, -0.1) is 0 Å². The number of rotatable bonds is 2. The Hall–Kier alpha value is -1.98. The number of amidine groups is 1. The fourth-order valence-corrected chi connectivity index (χ4v) is 2.60. The van der Waals surface area contributed by atoms with Crippen LogP contribution < -0.4 is 5.32 Å². The number of aryl methyl sites for hydroxylation is 2. The van der Waals surface area contributed by atoms with Crippen LogP contribution >= 0.6 is 0 Å². The molecule has 0 aromatic carbocycles. The van der Waals surface area contributed by atoms with Crippen LogP contribution in [-0.2, 0) is 4.74 Å². The van der Waals surface area contributed by atoms with Crippen LogP contribution in [0.4, 0.5) is 4.79 Å². The van der Waals surface area contributed by atoms with E-state index in [1.807, 2.05) is 40.7 Å². The Bertz CT molecular complexity index is 599. The highest BCUT2D eigenvalue weighted by Gasteiger charge is 2.26. The minimum absolute atomic E-state index is 0.0739. The lowest BCUT2D eigenvalue weighted by molar-refractivity contribution is 0.0276. The molecule has 1 atom stereocenters. The van der Waals surface area contributed by atoms with Gasteiger partial charge in [-0.05, 0) is 47.6 Å². The number of aliphatic imine (C=N–C) groups is 1. The van der Waals surface area contributed by atoms with Crippen LogP contribution in [0.5, 0.6) is 0 Å². The average Bonchev–Trinajstić information content (AvgIpc) is 2.76. The molecule has 0 saturated carbocycles. The predicted molar refractivity (Wildman–Crippen MR) is 89.8 cm³/mol. The molecule has 1 aliphatic rings. The fraction of sp³-hybridized carbons (Fsp3) is 0.647. The Morgan fingerprint density at radius 2 is 2.13 bits per heavy atom. The maximum Gasteiger partial charge on any atom is 0.410 e. The third-order valence-electron chi connectivity index (χ3n) is 3.59. The first-order chi connectivity index (χ1) is 10.7. The molecular weight excluding hydrogens is 294 g/mol. The first-order valence-electron chi connectivity index (χ1n) is 8.00. The zero-order chi connectivity index (χ0) is 17.2. The van der Waals surface area contributed by atoms with Crippen LogP contribution in [-0.4, -0.2) is 42.1 Å². The zero-order valence-corrected chi connectivity index (χ0v) is 14.9. The summed E-state index contributed by atoms with van der Waals surface area (Å²) in [6.07, 6.45) is -0.297. The number of carbonyl (C=O) groups excluding carboxylic acids is 1. The van der Waals surface area contributed by atoms with Crippen molar-refractivity contribution in [2.24, 2.45) is 4.99 Å². The predicted octanol–water partition coefficient (Wildman–Crippen LogP) is 3.20. The minimum atomic E-state index is -0.488. The lowest BCUT2D eigenvalue weighted by Crippen LogP contribution is -2.47. The SMILES string of the molecule is Cc1cc(C(C)NC2=NCCN(C(=O)OC(C)(C)C)C2)c(C)o1. The molecule has 0 spiro atoms. The highest BCUT2D eigenvalue weighted by Crippen LogP contribution is 2.21. The summed E-state index contributed by atoms with van der Waals surface area (Å²) in [7, 11) is 0. The van der Waals surface area contributed by atoms with E-state index in [0.717, 1.165) is 22.9 Å². The van der Waals surface area contributed by atoms with E-state index >= 15 is 0 Å². The molecule has 0 radical (unpaired) electrons. The van der Waals surface area contributed by atoms with Crippen molar-refractivity contribution in [1.29, 1.82) is 0 Å². The molecule has 1 N–H and O–H groups in total. The fourth-order valence-electron chi connectivity index (χ4n) is 2.60. The van der Waals surface area contributed by atoms with Crippen molar-refractivity contribution < 1.29 is 13.9 Å². The Labute approximate surface area is 137 Å². The Morgan fingerprint density at radius 1 is 1.43 bits per heavy atom. The van der Waals surface area contributed by atoms with Gasteiger partial charge in [0.05, 0.1) is 19.1 Å². The monoisotopic (exact) mass is 321 g/mol. The van der Waals surface area contributed by atoms with Crippen molar-refractivity contribution >= 4 is 11.9 Å². The molecule has 2 heterocycles. The van der Waals surface area contributed by atoms with Crippen molar-refractivity contribution in [3.63, 3.8) is 0 Å². The van der Waals surface area contributed by atoms with Crippen molar-refractivity contribution in [1.82, 2.24) is 10.2 Å². The molecular formula is C17H27N3O3. The second-order valence-corrected chi connectivity index (χ2v) is 6.96. The highest BCUT2D eigenvalue weighted by molar-refractivity contribution is 5.88. The van der Waals surface area contributed by atoms with E-state index in [-0.39, 0.29) is 12.1 Å². The van der Waals surface area contributed by atoms with Crippen LogP contribution in [0.1, 0.15) is 50.8 Å². The summed E-state index contributed by atoms with van der Waals surface area (Å²) >= 11 is 0. The summed E-state index contributed by atoms with van der Waals surface area (Å²) in [4.78, 5) is 18.3. The number of hydrogen-bond donors (Lipinski definition) is 1. The number of carbonyl (C=O) groups is 1. The Morgan fingerprint density at radius 3 is 2.70 bits per heavy atom. The summed E-state index contributed by atoms with van der Waals surface area (Å²) in [6.45, 7) is 13.2. The van der Waals surface area contributed by atoms with Gasteiger partial charge in [-0.3, -0.25) is 9.89 Å². The molecule has 23 heavy (non-hydrogen) atoms. The number of ether oxygens (including phenoxy) is 1. The topological polar surface area (TPSA) is 67.1 Å². The number of nitrogens with zero attached hydrogens (tertiary/aromatic N) is 2. The summed E-state index contributed by atoms with van der Waals surface area (Å²) < 4.78 is 11.0. The molecule has 2 rings (SSSR count). The Kier molecular flexibility index (Phi) is 5.02. The second-order valence-electron chi connectivity index (χ2n) is 6.96. The summed E-state index contributed by atoms with van der Waals surface area (Å²) in [5.74, 6) is 2.60. The van der Waals surface area contributed by atoms with Crippen LogP contribution in [0.2, 0.25) is 0 Å². The van der Waals surface area contributed by atoms with Gasteiger partial charge in [0.25, 0.3) is 0 Å². The van der Waals surface area contributed by atoms with E-state index in [9.17, 15) is 4.79 Å². The lowest BCUT2D eigenvalue weighted by Gasteiger charge is -2.30. The van der Waals surface area contributed by atoms with Gasteiger partial charge in [0.15, 0.2) is 0 Å². The largest absolute Gasteiger partial charge is 0.466 e. The van der Waals surface area contributed by atoms with Crippen molar-refractivity contribution in [3.05, 3.63) is 23.2 Å². The molecule has 1 amide bonds. The van der Waals surface area contributed by atoms with Crippen molar-refractivity contribution in [3.8, 4) is 0 Å². The third-order valence-corrected chi connectivity index (χ3v) is 3.59. The quantitative estimate of drug-likeness (QED) is 0.908. The number of hydrogen-bond acceptors (Lipinski definition) is 5. The van der Waals surface area contributed by atoms with Crippen LogP contribution in [0.15, 0.2) is 15.5 Å². The van der Waals surface area contributed by atoms with Gasteiger partial charge in [-0.2, -0.15) is 0 Å². The van der Waals surface area contributed by atoms with Crippen LogP contribution in [0.25, 0.3) is 0 Å². The molecule has 0 aliphatic carbocycles. The van der Waals surface area contributed by atoms with Crippen molar-refractivity contribution in [2.45, 2.75) is 53.2 Å². The molecule has 6 heteroatoms. The first-order valence-corrected chi connectivity index (χ1v) is 8.00. The van der Waals surface area contributed by atoms with Gasteiger partial charge in [-0.1, -0.05) is 0 Å². The molecule has 128 valence electrons. The molecule has 1 aromatic rings. The number of amides is 1. The molecule has 0 bridgehead atoms. The van der Waals surface area contributed by atoms with E-state index < -0.39 is 5.60 Å². The molecule has 1 aliphatic heterocycles. The zero-order valence-electron chi connectivity index (χ0n) is 14.9. The second kappa shape index (κ2) is 6.64. The number of furan rings is 1. The van der Waals surface area contributed by atoms with Gasteiger partial charge in [0.2, 0.25) is 0 Å². The normalized spacial score (nSPS) is 16.8. The molecule has 0 fully saturated rings. The maximum atomic E-state index is 12.2. The van der Waals surface area contributed by atoms with E-state index in [4.69, 9.17) is 9.15 Å². The standard InChI is InChI=1S/C17H27N3O3/c1-11-9-14(13(3)22-11)12(2)19-15-10-20(8-7-18-15)16(21)23-17(4,5)6/h9,12H,7-8,10H2,1-6H3,(H,18,19). The molecule has 6 nitrogen and oxygen atoms in total. The number of nitrogens with one attached hydrogen (secondary N) is 1. The third kappa shape index (κ3) is 4.74. The minimum Gasteiger partial charge on any atom is -0.466 e. The van der Waals surface area contributed by atoms with E-state index in [2.05, 4.69) is 17.2 Å². The van der Waals surface area contributed by atoms with Crippen molar-refractivity contribution in [2.75, 3.05) is 19.6 Å². The van der Waals surface area contributed by atoms with Crippen LogP contribution in [0.3, 0.4) is 0 Å². The van der Waals surface area contributed by atoms with E-state index in [0.29, 0.717) is 19.6 Å².